The lowest BCUT2D eigenvalue weighted by Gasteiger charge is -2.18. The molecule has 0 aromatic heterocycles. The van der Waals surface area contributed by atoms with Crippen molar-refractivity contribution in [3.8, 4) is 17.2 Å². The number of carbonyl (C=O) groups excluding carboxylic acids is 2. The molecule has 0 spiro atoms. The van der Waals surface area contributed by atoms with Crippen molar-refractivity contribution >= 4 is 18.0 Å². The summed E-state index contributed by atoms with van der Waals surface area (Å²) in [6.07, 6.45) is 2.27. The molecular weight excluding hydrogens is 410 g/mol. The van der Waals surface area contributed by atoms with Gasteiger partial charge < -0.3 is 23.8 Å². The predicted molar refractivity (Wildman–Crippen MR) is 121 cm³/mol. The first kappa shape index (κ1) is 22.9. The first-order valence-corrected chi connectivity index (χ1v) is 10.1. The van der Waals surface area contributed by atoms with Crippen LogP contribution in [0.15, 0.2) is 59.3 Å². The second-order valence-electron chi connectivity index (χ2n) is 7.17. The van der Waals surface area contributed by atoms with E-state index in [-0.39, 0.29) is 17.1 Å². The Hall–Kier alpha value is -3.74. The second kappa shape index (κ2) is 10.0. The molecule has 32 heavy (non-hydrogen) atoms. The Morgan fingerprint density at radius 2 is 1.59 bits per heavy atom. The predicted octanol–water partition coefficient (Wildman–Crippen LogP) is 3.63. The van der Waals surface area contributed by atoms with Gasteiger partial charge in [-0.3, -0.25) is 4.79 Å². The summed E-state index contributed by atoms with van der Waals surface area (Å²) in [7, 11) is 6.02. The van der Waals surface area contributed by atoms with Crippen LogP contribution in [0.5, 0.6) is 17.2 Å². The highest BCUT2D eigenvalue weighted by Gasteiger charge is 2.37. The minimum absolute atomic E-state index is 0.247. The van der Waals surface area contributed by atoms with Gasteiger partial charge in [0.05, 0.1) is 39.6 Å². The number of carbonyl (C=O) groups is 2. The number of esters is 1. The summed E-state index contributed by atoms with van der Waals surface area (Å²) in [5.41, 5.74) is 2.75. The first-order chi connectivity index (χ1) is 15.4. The number of nitrogens with zero attached hydrogens (tertiary/aromatic N) is 1. The van der Waals surface area contributed by atoms with Crippen LogP contribution in [0.2, 0.25) is 0 Å². The largest absolute Gasteiger partial charge is 0.497 e. The molecule has 168 valence electrons. The molecule has 1 aliphatic rings. The summed E-state index contributed by atoms with van der Waals surface area (Å²) in [6, 6.07) is 12.9. The molecule has 3 rings (SSSR count). The van der Waals surface area contributed by atoms with Crippen molar-refractivity contribution in [1.82, 2.24) is 4.90 Å². The molecule has 7 heteroatoms. The molecule has 2 aromatic carbocycles. The van der Waals surface area contributed by atoms with Gasteiger partial charge in [-0.05, 0) is 55.3 Å². The molecule has 0 fully saturated rings. The summed E-state index contributed by atoms with van der Waals surface area (Å²) in [5, 5.41) is 0. The second-order valence-corrected chi connectivity index (χ2v) is 7.17. The number of rotatable bonds is 8. The highest BCUT2D eigenvalue weighted by molar-refractivity contribution is 6.16. The number of amides is 1. The summed E-state index contributed by atoms with van der Waals surface area (Å²) in [4.78, 5) is 27.5. The standard InChI is InChI=1S/C25H27NO6/c1-16-23(25(28)32-5)21(15-18-14-20(30-3)10-11-22(18)31-4)24(27)26(16)13-12-17-6-8-19(29-2)9-7-17/h6-11,14-15H,12-13H2,1-5H3/b21-15-. The average molecular weight is 437 g/mol. The number of benzene rings is 2. The molecule has 0 unspecified atom stereocenters. The van der Waals surface area contributed by atoms with Crippen LogP contribution in [0.1, 0.15) is 18.1 Å². The minimum Gasteiger partial charge on any atom is -0.497 e. The van der Waals surface area contributed by atoms with Crippen molar-refractivity contribution in [3.63, 3.8) is 0 Å². The van der Waals surface area contributed by atoms with Crippen LogP contribution >= 0.6 is 0 Å². The van der Waals surface area contributed by atoms with Crippen LogP contribution in [-0.2, 0) is 20.7 Å². The zero-order valence-electron chi connectivity index (χ0n) is 18.9. The van der Waals surface area contributed by atoms with Crippen molar-refractivity contribution in [2.45, 2.75) is 13.3 Å². The van der Waals surface area contributed by atoms with Gasteiger partial charge in [0.1, 0.15) is 17.2 Å². The Morgan fingerprint density at radius 3 is 2.19 bits per heavy atom. The van der Waals surface area contributed by atoms with Gasteiger partial charge in [0, 0.05) is 17.8 Å². The van der Waals surface area contributed by atoms with Crippen LogP contribution in [-0.4, -0.2) is 51.8 Å². The van der Waals surface area contributed by atoms with Crippen molar-refractivity contribution in [1.29, 1.82) is 0 Å². The van der Waals surface area contributed by atoms with Crippen molar-refractivity contribution < 1.29 is 28.5 Å². The van der Waals surface area contributed by atoms with E-state index in [0.29, 0.717) is 35.7 Å². The lowest BCUT2D eigenvalue weighted by atomic mass is 10.0. The Morgan fingerprint density at radius 1 is 0.938 bits per heavy atom. The highest BCUT2D eigenvalue weighted by Crippen LogP contribution is 2.34. The molecule has 0 saturated heterocycles. The van der Waals surface area contributed by atoms with Gasteiger partial charge in [-0.15, -0.1) is 0 Å². The van der Waals surface area contributed by atoms with Crippen molar-refractivity contribution in [2.75, 3.05) is 35.0 Å². The number of allylic oxidation sites excluding steroid dienone is 1. The summed E-state index contributed by atoms with van der Waals surface area (Å²) < 4.78 is 20.9. The van der Waals surface area contributed by atoms with Gasteiger partial charge in [0.15, 0.2) is 0 Å². The average Bonchev–Trinajstić information content (AvgIpc) is 3.06. The van der Waals surface area contributed by atoms with Gasteiger partial charge >= 0.3 is 5.97 Å². The molecule has 0 N–H and O–H groups in total. The van der Waals surface area contributed by atoms with E-state index in [1.165, 1.54) is 7.11 Å². The third-order valence-electron chi connectivity index (χ3n) is 5.42. The van der Waals surface area contributed by atoms with Crippen LogP contribution < -0.4 is 14.2 Å². The van der Waals surface area contributed by atoms with Crippen LogP contribution in [0.4, 0.5) is 0 Å². The number of methoxy groups -OCH3 is 4. The maximum Gasteiger partial charge on any atom is 0.340 e. The van der Waals surface area contributed by atoms with Gasteiger partial charge in [-0.25, -0.2) is 4.79 Å². The molecule has 1 aliphatic heterocycles. The SMILES string of the molecule is COC(=O)C1=C(C)N(CCc2ccc(OC)cc2)C(=O)/C1=C\c1cc(OC)ccc1OC. The molecule has 7 nitrogen and oxygen atoms in total. The molecule has 1 amide bonds. The monoisotopic (exact) mass is 437 g/mol. The molecular formula is C25H27NO6. The fourth-order valence-corrected chi connectivity index (χ4v) is 3.64. The van der Waals surface area contributed by atoms with E-state index < -0.39 is 5.97 Å². The Labute approximate surface area is 187 Å². The highest BCUT2D eigenvalue weighted by atomic mass is 16.5. The zero-order valence-corrected chi connectivity index (χ0v) is 18.9. The quantitative estimate of drug-likeness (QED) is 0.464. The van der Waals surface area contributed by atoms with Gasteiger partial charge in [0.2, 0.25) is 0 Å². The van der Waals surface area contributed by atoms with E-state index in [4.69, 9.17) is 18.9 Å². The molecule has 0 aliphatic carbocycles. The van der Waals surface area contributed by atoms with E-state index in [0.717, 1.165) is 11.3 Å². The molecule has 1 heterocycles. The van der Waals surface area contributed by atoms with E-state index in [1.807, 2.05) is 24.3 Å². The van der Waals surface area contributed by atoms with Crippen molar-refractivity contribution in [2.24, 2.45) is 0 Å². The molecule has 0 atom stereocenters. The van der Waals surface area contributed by atoms with Gasteiger partial charge in [-0.2, -0.15) is 0 Å². The fourth-order valence-electron chi connectivity index (χ4n) is 3.64. The zero-order chi connectivity index (χ0) is 23.3. The Balaban J connectivity index is 1.95. The van der Waals surface area contributed by atoms with E-state index in [1.54, 1.807) is 57.4 Å². The van der Waals surface area contributed by atoms with Crippen LogP contribution in [0.3, 0.4) is 0 Å². The fraction of sp³-hybridized carbons (Fsp3) is 0.280. The van der Waals surface area contributed by atoms with E-state index >= 15 is 0 Å². The number of ether oxygens (including phenoxy) is 4. The topological polar surface area (TPSA) is 74.3 Å². The molecule has 2 aromatic rings. The lowest BCUT2D eigenvalue weighted by Crippen LogP contribution is -2.27. The summed E-state index contributed by atoms with van der Waals surface area (Å²) in [5.74, 6) is 1.12. The van der Waals surface area contributed by atoms with E-state index in [2.05, 4.69) is 0 Å². The lowest BCUT2D eigenvalue weighted by molar-refractivity contribution is -0.136. The van der Waals surface area contributed by atoms with E-state index in [9.17, 15) is 9.59 Å². The summed E-state index contributed by atoms with van der Waals surface area (Å²) in [6.45, 7) is 2.17. The Kier molecular flexibility index (Phi) is 7.20. The smallest absolute Gasteiger partial charge is 0.340 e. The maximum atomic E-state index is 13.3. The third-order valence-corrected chi connectivity index (χ3v) is 5.42. The van der Waals surface area contributed by atoms with Crippen molar-refractivity contribution in [3.05, 3.63) is 70.4 Å². The molecule has 0 saturated carbocycles. The molecule has 0 bridgehead atoms. The molecule has 0 radical (unpaired) electrons. The number of hydrogen-bond acceptors (Lipinski definition) is 6. The number of hydrogen-bond donors (Lipinski definition) is 0. The first-order valence-electron chi connectivity index (χ1n) is 10.1. The summed E-state index contributed by atoms with van der Waals surface area (Å²) >= 11 is 0. The third kappa shape index (κ3) is 4.61. The normalized spacial score (nSPS) is 14.7. The maximum absolute atomic E-state index is 13.3. The van der Waals surface area contributed by atoms with Gasteiger partial charge in [0.25, 0.3) is 5.91 Å². The minimum atomic E-state index is -0.559. The van der Waals surface area contributed by atoms with Crippen LogP contribution in [0.25, 0.3) is 6.08 Å². The Bertz CT molecular complexity index is 1070. The van der Waals surface area contributed by atoms with Gasteiger partial charge in [-0.1, -0.05) is 12.1 Å². The van der Waals surface area contributed by atoms with Crippen LogP contribution in [0, 0.1) is 0 Å².